The van der Waals surface area contributed by atoms with Gasteiger partial charge in [0.25, 0.3) is 0 Å². The second kappa shape index (κ2) is 5.83. The number of rotatable bonds is 6. The summed E-state index contributed by atoms with van der Waals surface area (Å²) < 4.78 is 21.2. The fourth-order valence-electron chi connectivity index (χ4n) is 1.02. The zero-order chi connectivity index (χ0) is 10.5. The van der Waals surface area contributed by atoms with E-state index in [4.69, 9.17) is 10.7 Å². The molecule has 0 fully saturated rings. The van der Waals surface area contributed by atoms with Crippen molar-refractivity contribution < 1.29 is 8.42 Å². The Morgan fingerprint density at radius 2 is 2.00 bits per heavy atom. The van der Waals surface area contributed by atoms with Crippen LogP contribution in [0.3, 0.4) is 0 Å². The van der Waals surface area contributed by atoms with Crippen LogP contribution in [0.5, 0.6) is 0 Å². The van der Waals surface area contributed by atoms with Crippen LogP contribution in [-0.2, 0) is 9.05 Å². The maximum atomic E-state index is 10.6. The second-order valence-corrected chi connectivity index (χ2v) is 6.23. The van der Waals surface area contributed by atoms with Gasteiger partial charge in [-0.3, -0.25) is 0 Å². The Morgan fingerprint density at radius 1 is 1.46 bits per heavy atom. The molecule has 0 aromatic rings. The molecule has 0 aromatic carbocycles. The van der Waals surface area contributed by atoms with Gasteiger partial charge in [0, 0.05) is 16.7 Å². The average Bonchev–Trinajstić information content (AvgIpc) is 2.00. The minimum Gasteiger partial charge on any atom is -0.304 e. The van der Waals surface area contributed by atoms with Crippen molar-refractivity contribution in [3.05, 3.63) is 0 Å². The molecule has 1 unspecified atom stereocenters. The maximum absolute atomic E-state index is 10.6. The standard InChI is InChI=1S/C8H18ClNO2S/c1-4-8(2)10(3)6-5-7-13(9,11)12/h8H,4-7H2,1-3H3. The van der Waals surface area contributed by atoms with E-state index >= 15 is 0 Å². The Morgan fingerprint density at radius 3 is 2.38 bits per heavy atom. The molecule has 0 rings (SSSR count). The highest BCUT2D eigenvalue weighted by Gasteiger charge is 2.09. The normalized spacial score (nSPS) is 14.8. The molecule has 5 heteroatoms. The summed E-state index contributed by atoms with van der Waals surface area (Å²) >= 11 is 0. The largest absolute Gasteiger partial charge is 0.304 e. The minimum atomic E-state index is -3.31. The quantitative estimate of drug-likeness (QED) is 0.648. The summed E-state index contributed by atoms with van der Waals surface area (Å²) in [7, 11) is 3.77. The SMILES string of the molecule is CCC(C)N(C)CCCS(=O)(=O)Cl. The van der Waals surface area contributed by atoms with Gasteiger partial charge >= 0.3 is 0 Å². The van der Waals surface area contributed by atoms with Crippen LogP contribution >= 0.6 is 10.7 Å². The van der Waals surface area contributed by atoms with Crippen molar-refractivity contribution in [3.63, 3.8) is 0 Å². The van der Waals surface area contributed by atoms with E-state index in [9.17, 15) is 8.42 Å². The van der Waals surface area contributed by atoms with Crippen LogP contribution in [0.4, 0.5) is 0 Å². The molecule has 3 nitrogen and oxygen atoms in total. The summed E-state index contributed by atoms with van der Waals surface area (Å²) in [5, 5.41) is 0. The highest BCUT2D eigenvalue weighted by atomic mass is 35.7. The van der Waals surface area contributed by atoms with E-state index in [2.05, 4.69) is 18.7 Å². The Bertz CT molecular complexity index is 228. The van der Waals surface area contributed by atoms with Crippen molar-refractivity contribution in [3.8, 4) is 0 Å². The first kappa shape index (κ1) is 13.2. The first-order valence-corrected chi connectivity index (χ1v) is 6.97. The third-order valence-electron chi connectivity index (χ3n) is 2.24. The third kappa shape index (κ3) is 7.28. The lowest BCUT2D eigenvalue weighted by molar-refractivity contribution is 0.253. The number of hydrogen-bond donors (Lipinski definition) is 0. The Balaban J connectivity index is 3.65. The molecule has 0 aromatic heterocycles. The molecule has 1 atom stereocenters. The topological polar surface area (TPSA) is 37.4 Å². The molecule has 0 spiro atoms. The van der Waals surface area contributed by atoms with E-state index < -0.39 is 9.05 Å². The van der Waals surface area contributed by atoms with E-state index in [1.807, 2.05) is 7.05 Å². The van der Waals surface area contributed by atoms with E-state index in [1.54, 1.807) is 0 Å². The molecular weight excluding hydrogens is 210 g/mol. The van der Waals surface area contributed by atoms with Crippen molar-refractivity contribution in [1.82, 2.24) is 4.90 Å². The summed E-state index contributed by atoms with van der Waals surface area (Å²) in [5.74, 6) is 0.0648. The van der Waals surface area contributed by atoms with Gasteiger partial charge < -0.3 is 4.90 Å². The Labute approximate surface area is 85.5 Å². The first-order chi connectivity index (χ1) is 5.87. The fraction of sp³-hybridized carbons (Fsp3) is 1.00. The van der Waals surface area contributed by atoms with Gasteiger partial charge in [-0.25, -0.2) is 8.42 Å². The van der Waals surface area contributed by atoms with Crippen LogP contribution in [0.1, 0.15) is 26.7 Å². The zero-order valence-corrected chi connectivity index (χ0v) is 10.0. The van der Waals surface area contributed by atoms with Crippen molar-refractivity contribution in [2.24, 2.45) is 0 Å². The van der Waals surface area contributed by atoms with Crippen LogP contribution in [0.2, 0.25) is 0 Å². The molecule has 0 amide bonds. The molecule has 0 N–H and O–H groups in total. The third-order valence-corrected chi connectivity index (χ3v) is 3.48. The average molecular weight is 228 g/mol. The second-order valence-electron chi connectivity index (χ2n) is 3.33. The molecule has 80 valence electrons. The summed E-state index contributed by atoms with van der Waals surface area (Å²) in [6, 6.07) is 0.498. The summed E-state index contributed by atoms with van der Waals surface area (Å²) in [6.45, 7) is 5.01. The maximum Gasteiger partial charge on any atom is 0.232 e. The lowest BCUT2D eigenvalue weighted by atomic mass is 10.2. The van der Waals surface area contributed by atoms with Gasteiger partial charge in [-0.15, -0.1) is 0 Å². The minimum absolute atomic E-state index is 0.0648. The molecule has 0 bridgehead atoms. The molecule has 0 radical (unpaired) electrons. The van der Waals surface area contributed by atoms with Crippen LogP contribution in [0.25, 0.3) is 0 Å². The number of hydrogen-bond acceptors (Lipinski definition) is 3. The smallest absolute Gasteiger partial charge is 0.232 e. The zero-order valence-electron chi connectivity index (χ0n) is 8.46. The van der Waals surface area contributed by atoms with Crippen LogP contribution in [-0.4, -0.2) is 38.7 Å². The van der Waals surface area contributed by atoms with Gasteiger partial charge in [-0.05, 0) is 33.4 Å². The lowest BCUT2D eigenvalue weighted by Crippen LogP contribution is -2.30. The number of halogens is 1. The van der Waals surface area contributed by atoms with Crippen molar-refractivity contribution >= 4 is 19.7 Å². The molecule has 13 heavy (non-hydrogen) atoms. The lowest BCUT2D eigenvalue weighted by Gasteiger charge is -2.22. The van der Waals surface area contributed by atoms with Gasteiger partial charge in [0.05, 0.1) is 5.75 Å². The summed E-state index contributed by atoms with van der Waals surface area (Å²) in [6.07, 6.45) is 1.68. The molecular formula is C8H18ClNO2S. The Hall–Kier alpha value is 0.200. The monoisotopic (exact) mass is 227 g/mol. The van der Waals surface area contributed by atoms with E-state index in [1.165, 1.54) is 0 Å². The van der Waals surface area contributed by atoms with Gasteiger partial charge in [0.15, 0.2) is 0 Å². The highest BCUT2D eigenvalue weighted by Crippen LogP contribution is 2.03. The van der Waals surface area contributed by atoms with Crippen molar-refractivity contribution in [1.29, 1.82) is 0 Å². The van der Waals surface area contributed by atoms with Gasteiger partial charge in [0.2, 0.25) is 9.05 Å². The van der Waals surface area contributed by atoms with Gasteiger partial charge in [0.1, 0.15) is 0 Å². The van der Waals surface area contributed by atoms with Crippen molar-refractivity contribution in [2.75, 3.05) is 19.3 Å². The first-order valence-electron chi connectivity index (χ1n) is 4.49. The molecule has 0 aliphatic carbocycles. The van der Waals surface area contributed by atoms with E-state index in [0.29, 0.717) is 12.5 Å². The molecule has 0 aliphatic rings. The van der Waals surface area contributed by atoms with Gasteiger partial charge in [-0.1, -0.05) is 6.92 Å². The molecule has 0 saturated carbocycles. The molecule has 0 aliphatic heterocycles. The van der Waals surface area contributed by atoms with Crippen molar-refractivity contribution in [2.45, 2.75) is 32.7 Å². The predicted octanol–water partition coefficient (Wildman–Crippen LogP) is 1.68. The van der Waals surface area contributed by atoms with E-state index in [0.717, 1.165) is 13.0 Å². The predicted molar refractivity (Wildman–Crippen MR) is 56.6 cm³/mol. The fourth-order valence-corrected chi connectivity index (χ4v) is 1.82. The van der Waals surface area contributed by atoms with Crippen LogP contribution < -0.4 is 0 Å². The van der Waals surface area contributed by atoms with Gasteiger partial charge in [-0.2, -0.15) is 0 Å². The molecule has 0 heterocycles. The number of nitrogens with zero attached hydrogens (tertiary/aromatic N) is 1. The summed E-state index contributed by atoms with van der Waals surface area (Å²) in [5.41, 5.74) is 0. The summed E-state index contributed by atoms with van der Waals surface area (Å²) in [4.78, 5) is 2.14. The van der Waals surface area contributed by atoms with Crippen LogP contribution in [0, 0.1) is 0 Å². The highest BCUT2D eigenvalue weighted by molar-refractivity contribution is 8.13. The van der Waals surface area contributed by atoms with Crippen LogP contribution in [0.15, 0.2) is 0 Å². The van der Waals surface area contributed by atoms with E-state index in [-0.39, 0.29) is 5.75 Å². The molecule has 0 saturated heterocycles. The Kier molecular flexibility index (Phi) is 5.92.